The fourth-order valence-corrected chi connectivity index (χ4v) is 1.39. The Labute approximate surface area is 100 Å². The molecule has 1 amide bonds. The Morgan fingerprint density at radius 2 is 1.94 bits per heavy atom. The molecule has 1 rings (SSSR count). The van der Waals surface area contributed by atoms with Crippen molar-refractivity contribution in [2.75, 3.05) is 12.9 Å². The third kappa shape index (κ3) is 5.10. The molecule has 7 heteroatoms. The average molecular weight is 265 g/mol. The molecule has 0 aliphatic heterocycles. The Morgan fingerprint density at radius 1 is 1.35 bits per heavy atom. The van der Waals surface area contributed by atoms with Crippen molar-refractivity contribution in [3.05, 3.63) is 29.8 Å². The summed E-state index contributed by atoms with van der Waals surface area (Å²) in [6.07, 6.45) is -2.59. The highest BCUT2D eigenvalue weighted by molar-refractivity contribution is 7.98. The zero-order chi connectivity index (χ0) is 12.9. The van der Waals surface area contributed by atoms with Gasteiger partial charge in [0.25, 0.3) is 5.91 Å². The van der Waals surface area contributed by atoms with E-state index in [9.17, 15) is 18.0 Å². The summed E-state index contributed by atoms with van der Waals surface area (Å²) in [6, 6.07) is 6.42. The first kappa shape index (κ1) is 13.9. The number of rotatable bonds is 4. The Bertz CT molecular complexity index is 378. The lowest BCUT2D eigenvalue weighted by Crippen LogP contribution is -2.29. The summed E-state index contributed by atoms with van der Waals surface area (Å²) in [5.41, 5.74) is 1.97. The fourth-order valence-electron chi connectivity index (χ4n) is 0.985. The summed E-state index contributed by atoms with van der Waals surface area (Å²) >= 11 is 1.50. The van der Waals surface area contributed by atoms with E-state index in [0.29, 0.717) is 0 Å². The molecule has 94 valence electrons. The minimum Gasteiger partial charge on any atom is -0.267 e. The number of benzene rings is 1. The van der Waals surface area contributed by atoms with E-state index in [4.69, 9.17) is 0 Å². The Hall–Kier alpha value is -1.21. The third-order valence-corrected chi connectivity index (χ3v) is 2.50. The lowest BCUT2D eigenvalue weighted by atomic mass is 10.2. The molecule has 0 heterocycles. The molecule has 1 N–H and O–H groups in total. The number of halogens is 3. The molecule has 0 spiro atoms. The summed E-state index contributed by atoms with van der Waals surface area (Å²) in [5, 5.41) is 0. The maximum absolute atomic E-state index is 11.7. The largest absolute Gasteiger partial charge is 0.414 e. The van der Waals surface area contributed by atoms with E-state index in [2.05, 4.69) is 4.84 Å². The molecule has 1 aromatic rings. The van der Waals surface area contributed by atoms with Crippen molar-refractivity contribution in [2.45, 2.75) is 11.1 Å². The monoisotopic (exact) mass is 265 g/mol. The van der Waals surface area contributed by atoms with Gasteiger partial charge in [-0.1, -0.05) is 0 Å². The minimum absolute atomic E-state index is 0.241. The summed E-state index contributed by atoms with van der Waals surface area (Å²) in [5.74, 6) is -0.707. The molecule has 3 nitrogen and oxygen atoms in total. The van der Waals surface area contributed by atoms with Crippen molar-refractivity contribution in [2.24, 2.45) is 0 Å². The highest BCUT2D eigenvalue weighted by Crippen LogP contribution is 2.15. The Morgan fingerprint density at radius 3 is 2.41 bits per heavy atom. The second kappa shape index (κ2) is 5.92. The Balaban J connectivity index is 2.47. The van der Waals surface area contributed by atoms with Crippen LogP contribution in [0.2, 0.25) is 0 Å². The third-order valence-electron chi connectivity index (χ3n) is 1.75. The van der Waals surface area contributed by atoms with Gasteiger partial charge in [-0.3, -0.25) is 9.63 Å². The second-order valence-electron chi connectivity index (χ2n) is 3.06. The SMILES string of the molecule is CSc1ccc(C(=O)NOCC(F)(F)F)cc1. The normalized spacial score (nSPS) is 11.3. The van der Waals surface area contributed by atoms with Gasteiger partial charge in [0.2, 0.25) is 0 Å². The number of hydrogen-bond acceptors (Lipinski definition) is 3. The first-order valence-corrected chi connectivity index (χ1v) is 5.78. The minimum atomic E-state index is -4.46. The molecule has 0 unspecified atom stereocenters. The van der Waals surface area contributed by atoms with Crippen LogP contribution in [0.15, 0.2) is 29.2 Å². The van der Waals surface area contributed by atoms with E-state index < -0.39 is 18.7 Å². The molecule has 0 fully saturated rings. The number of alkyl halides is 3. The number of nitrogens with one attached hydrogen (secondary N) is 1. The Kier molecular flexibility index (Phi) is 4.83. The van der Waals surface area contributed by atoms with Crippen LogP contribution in [0.1, 0.15) is 10.4 Å². The molecular weight excluding hydrogens is 255 g/mol. The highest BCUT2D eigenvalue weighted by Gasteiger charge is 2.28. The van der Waals surface area contributed by atoms with E-state index >= 15 is 0 Å². The smallest absolute Gasteiger partial charge is 0.267 e. The standard InChI is InChI=1S/C10H10F3NO2S/c1-17-8-4-2-7(3-5-8)9(15)14-16-6-10(11,12)13/h2-5H,6H2,1H3,(H,14,15). The van der Waals surface area contributed by atoms with Gasteiger partial charge in [-0.25, -0.2) is 5.48 Å². The van der Waals surface area contributed by atoms with E-state index in [1.54, 1.807) is 17.6 Å². The van der Waals surface area contributed by atoms with Crippen molar-refractivity contribution in [3.8, 4) is 0 Å². The topological polar surface area (TPSA) is 38.3 Å². The molecule has 1 aromatic carbocycles. The zero-order valence-corrected chi connectivity index (χ0v) is 9.69. The number of carbonyl (C=O) groups excluding carboxylic acids is 1. The second-order valence-corrected chi connectivity index (χ2v) is 3.94. The average Bonchev–Trinajstić information content (AvgIpc) is 2.27. The van der Waals surface area contributed by atoms with Crippen molar-refractivity contribution >= 4 is 17.7 Å². The molecule has 0 aromatic heterocycles. The van der Waals surface area contributed by atoms with Crippen molar-refractivity contribution < 1.29 is 22.8 Å². The molecule has 0 aliphatic carbocycles. The van der Waals surface area contributed by atoms with Crippen LogP contribution in [0.5, 0.6) is 0 Å². The lowest BCUT2D eigenvalue weighted by molar-refractivity contribution is -0.184. The van der Waals surface area contributed by atoms with Crippen LogP contribution < -0.4 is 5.48 Å². The van der Waals surface area contributed by atoms with Gasteiger partial charge in [-0.15, -0.1) is 11.8 Å². The maximum atomic E-state index is 11.7. The van der Waals surface area contributed by atoms with Gasteiger partial charge in [-0.2, -0.15) is 13.2 Å². The molecular formula is C10H10F3NO2S. The predicted molar refractivity (Wildman–Crippen MR) is 57.7 cm³/mol. The van der Waals surface area contributed by atoms with E-state index in [1.165, 1.54) is 23.9 Å². The fraction of sp³-hybridized carbons (Fsp3) is 0.300. The van der Waals surface area contributed by atoms with Gasteiger partial charge >= 0.3 is 6.18 Å². The summed E-state index contributed by atoms with van der Waals surface area (Å²) in [6.45, 7) is -1.51. The van der Waals surface area contributed by atoms with Crippen molar-refractivity contribution in [1.82, 2.24) is 5.48 Å². The van der Waals surface area contributed by atoms with Crippen molar-refractivity contribution in [1.29, 1.82) is 0 Å². The molecule has 0 saturated heterocycles. The van der Waals surface area contributed by atoms with E-state index in [0.717, 1.165) is 4.90 Å². The first-order chi connectivity index (χ1) is 7.92. The molecule has 0 aliphatic rings. The van der Waals surface area contributed by atoms with Gasteiger partial charge in [0.15, 0.2) is 6.61 Å². The number of carbonyl (C=O) groups is 1. The van der Waals surface area contributed by atoms with E-state index in [-0.39, 0.29) is 5.56 Å². The summed E-state index contributed by atoms with van der Waals surface area (Å²) < 4.78 is 35.2. The number of hydroxylamine groups is 1. The number of thioether (sulfide) groups is 1. The maximum Gasteiger partial charge on any atom is 0.414 e. The quantitative estimate of drug-likeness (QED) is 0.672. The van der Waals surface area contributed by atoms with Crippen LogP contribution in [0.3, 0.4) is 0 Å². The van der Waals surface area contributed by atoms with Crippen LogP contribution in [0, 0.1) is 0 Å². The lowest BCUT2D eigenvalue weighted by Gasteiger charge is -2.08. The molecule has 0 atom stereocenters. The number of amides is 1. The van der Waals surface area contributed by atoms with Crippen LogP contribution in [-0.4, -0.2) is 24.9 Å². The summed E-state index contributed by atoms with van der Waals surface area (Å²) in [7, 11) is 0. The van der Waals surface area contributed by atoms with Gasteiger partial charge in [0, 0.05) is 10.5 Å². The van der Waals surface area contributed by atoms with E-state index in [1.807, 2.05) is 6.26 Å². The predicted octanol–water partition coefficient (Wildman–Crippen LogP) is 2.63. The van der Waals surface area contributed by atoms with Crippen molar-refractivity contribution in [3.63, 3.8) is 0 Å². The van der Waals surface area contributed by atoms with Crippen LogP contribution >= 0.6 is 11.8 Å². The summed E-state index contributed by atoms with van der Waals surface area (Å²) in [4.78, 5) is 16.3. The van der Waals surface area contributed by atoms with Crippen LogP contribution in [-0.2, 0) is 4.84 Å². The first-order valence-electron chi connectivity index (χ1n) is 4.55. The van der Waals surface area contributed by atoms with Gasteiger partial charge in [0.1, 0.15) is 0 Å². The zero-order valence-electron chi connectivity index (χ0n) is 8.88. The highest BCUT2D eigenvalue weighted by atomic mass is 32.2. The molecule has 17 heavy (non-hydrogen) atoms. The molecule has 0 bridgehead atoms. The van der Waals surface area contributed by atoms with Crippen LogP contribution in [0.4, 0.5) is 13.2 Å². The number of hydrogen-bond donors (Lipinski definition) is 1. The molecule has 0 radical (unpaired) electrons. The van der Waals surface area contributed by atoms with Gasteiger partial charge < -0.3 is 0 Å². The van der Waals surface area contributed by atoms with Gasteiger partial charge in [-0.05, 0) is 30.5 Å². The van der Waals surface area contributed by atoms with Gasteiger partial charge in [0.05, 0.1) is 0 Å². The molecule has 0 saturated carbocycles. The van der Waals surface area contributed by atoms with Crippen LogP contribution in [0.25, 0.3) is 0 Å².